The molecule has 94 valence electrons. The maximum atomic E-state index is 5.73. The van der Waals surface area contributed by atoms with Gasteiger partial charge in [0.1, 0.15) is 5.82 Å². The molecule has 0 amide bonds. The van der Waals surface area contributed by atoms with E-state index in [0.717, 1.165) is 23.7 Å². The molecule has 2 rings (SSSR count). The van der Waals surface area contributed by atoms with E-state index >= 15 is 0 Å². The van der Waals surface area contributed by atoms with Crippen LogP contribution < -0.4 is 5.73 Å². The lowest BCUT2D eigenvalue weighted by molar-refractivity contribution is -0.0265. The summed E-state index contributed by atoms with van der Waals surface area (Å²) < 4.78 is 5.72. The number of rotatable bonds is 2. The Kier molecular flexibility index (Phi) is 3.89. The number of aromatic nitrogens is 2. The third-order valence-corrected chi connectivity index (χ3v) is 3.89. The van der Waals surface area contributed by atoms with Gasteiger partial charge in [-0.15, -0.1) is 0 Å². The number of nitrogen functional groups attached to an aromatic ring is 1. The van der Waals surface area contributed by atoms with E-state index in [0.29, 0.717) is 23.3 Å². The van der Waals surface area contributed by atoms with E-state index in [1.54, 1.807) is 17.8 Å². The van der Waals surface area contributed by atoms with Gasteiger partial charge in [0.25, 0.3) is 0 Å². The second-order valence-corrected chi connectivity index (χ2v) is 5.95. The molecule has 0 spiro atoms. The van der Waals surface area contributed by atoms with Gasteiger partial charge in [-0.1, -0.05) is 11.8 Å². The predicted molar refractivity (Wildman–Crippen MR) is 70.1 cm³/mol. The Balaban J connectivity index is 2.04. The fourth-order valence-corrected chi connectivity index (χ4v) is 3.59. The lowest BCUT2D eigenvalue weighted by Crippen LogP contribution is -2.30. The fraction of sp³-hybridized carbons (Fsp3) is 0.667. The minimum absolute atomic E-state index is 0.318. The zero-order valence-corrected chi connectivity index (χ0v) is 11.3. The summed E-state index contributed by atoms with van der Waals surface area (Å²) in [7, 11) is 0. The Morgan fingerprint density at radius 1 is 1.29 bits per heavy atom. The first kappa shape index (κ1) is 12.6. The molecular weight excluding hydrogens is 234 g/mol. The summed E-state index contributed by atoms with van der Waals surface area (Å²) in [5.74, 6) is 0.549. The van der Waals surface area contributed by atoms with Crippen LogP contribution in [-0.4, -0.2) is 27.4 Å². The van der Waals surface area contributed by atoms with Crippen LogP contribution in [0.25, 0.3) is 0 Å². The fourth-order valence-electron chi connectivity index (χ4n) is 2.21. The first-order valence-corrected chi connectivity index (χ1v) is 6.84. The van der Waals surface area contributed by atoms with Gasteiger partial charge in [-0.25, -0.2) is 9.97 Å². The van der Waals surface area contributed by atoms with Gasteiger partial charge in [0.2, 0.25) is 0 Å². The van der Waals surface area contributed by atoms with Gasteiger partial charge < -0.3 is 10.5 Å². The van der Waals surface area contributed by atoms with E-state index in [2.05, 4.69) is 23.8 Å². The number of thioether (sulfide) groups is 1. The van der Waals surface area contributed by atoms with Crippen molar-refractivity contribution in [2.75, 3.05) is 5.73 Å². The van der Waals surface area contributed by atoms with E-state index in [1.807, 2.05) is 6.92 Å². The normalized spacial score (nSPS) is 29.2. The third-order valence-electron chi connectivity index (χ3n) is 2.78. The highest BCUT2D eigenvalue weighted by Crippen LogP contribution is 2.32. The van der Waals surface area contributed by atoms with Crippen LogP contribution in [0, 0.1) is 6.92 Å². The summed E-state index contributed by atoms with van der Waals surface area (Å²) in [6.07, 6.45) is 2.73. The Hall–Kier alpha value is -0.810. The summed E-state index contributed by atoms with van der Waals surface area (Å²) in [5, 5.41) is 1.31. The smallest absolute Gasteiger partial charge is 0.189 e. The lowest BCUT2D eigenvalue weighted by atomic mass is 10.1. The van der Waals surface area contributed by atoms with E-state index in [-0.39, 0.29) is 0 Å². The SMILES string of the molecule is Cc1cc(N)nc(SC2C[C@@H](C)O[C@@H](C)C2)n1. The number of hydrogen-bond acceptors (Lipinski definition) is 5. The van der Waals surface area contributed by atoms with Gasteiger partial charge >= 0.3 is 0 Å². The van der Waals surface area contributed by atoms with Crippen LogP contribution in [0.3, 0.4) is 0 Å². The van der Waals surface area contributed by atoms with Crippen LogP contribution in [0.15, 0.2) is 11.2 Å². The first-order chi connectivity index (χ1) is 8.02. The molecule has 0 bridgehead atoms. The summed E-state index contributed by atoms with van der Waals surface area (Å²) in [6.45, 7) is 6.18. The molecular formula is C12H19N3OS. The molecule has 5 heteroatoms. The second kappa shape index (κ2) is 5.23. The number of ether oxygens (including phenoxy) is 1. The van der Waals surface area contributed by atoms with Gasteiger partial charge in [0, 0.05) is 17.0 Å². The Morgan fingerprint density at radius 3 is 2.53 bits per heavy atom. The zero-order valence-electron chi connectivity index (χ0n) is 10.5. The number of anilines is 1. The summed E-state index contributed by atoms with van der Waals surface area (Å²) in [5.41, 5.74) is 6.65. The molecule has 1 saturated heterocycles. The molecule has 4 nitrogen and oxygen atoms in total. The van der Waals surface area contributed by atoms with E-state index in [4.69, 9.17) is 10.5 Å². The van der Waals surface area contributed by atoms with Crippen LogP contribution in [0.1, 0.15) is 32.4 Å². The molecule has 0 aromatic carbocycles. The van der Waals surface area contributed by atoms with Crippen LogP contribution in [0.2, 0.25) is 0 Å². The van der Waals surface area contributed by atoms with Gasteiger partial charge in [0.15, 0.2) is 5.16 Å². The number of nitrogens with zero attached hydrogens (tertiary/aromatic N) is 2. The van der Waals surface area contributed by atoms with Crippen molar-refractivity contribution in [2.24, 2.45) is 0 Å². The highest BCUT2D eigenvalue weighted by atomic mass is 32.2. The lowest BCUT2D eigenvalue weighted by Gasteiger charge is -2.31. The summed E-state index contributed by atoms with van der Waals surface area (Å²) in [6, 6.07) is 1.79. The van der Waals surface area contributed by atoms with Crippen molar-refractivity contribution in [3.05, 3.63) is 11.8 Å². The van der Waals surface area contributed by atoms with Crippen molar-refractivity contribution < 1.29 is 4.74 Å². The van der Waals surface area contributed by atoms with Gasteiger partial charge in [0.05, 0.1) is 12.2 Å². The maximum absolute atomic E-state index is 5.73. The largest absolute Gasteiger partial charge is 0.384 e. The van der Waals surface area contributed by atoms with Gasteiger partial charge in [-0.2, -0.15) is 0 Å². The van der Waals surface area contributed by atoms with Crippen molar-refractivity contribution in [1.82, 2.24) is 9.97 Å². The molecule has 1 aliphatic rings. The quantitative estimate of drug-likeness (QED) is 0.820. The summed E-state index contributed by atoms with van der Waals surface area (Å²) in [4.78, 5) is 8.68. The van der Waals surface area contributed by atoms with Crippen LogP contribution in [0.4, 0.5) is 5.82 Å². The molecule has 1 aliphatic heterocycles. The Morgan fingerprint density at radius 2 is 1.94 bits per heavy atom. The molecule has 2 heterocycles. The van der Waals surface area contributed by atoms with E-state index in [9.17, 15) is 0 Å². The first-order valence-electron chi connectivity index (χ1n) is 5.96. The second-order valence-electron chi connectivity index (χ2n) is 4.69. The topological polar surface area (TPSA) is 61.0 Å². The number of aryl methyl sites for hydroxylation is 1. The molecule has 3 atom stereocenters. The molecule has 0 aliphatic carbocycles. The van der Waals surface area contributed by atoms with Crippen molar-refractivity contribution in [1.29, 1.82) is 0 Å². The minimum atomic E-state index is 0.318. The molecule has 0 saturated carbocycles. The molecule has 1 aromatic heterocycles. The highest BCUT2D eigenvalue weighted by molar-refractivity contribution is 7.99. The van der Waals surface area contributed by atoms with Crippen molar-refractivity contribution in [3.8, 4) is 0 Å². The van der Waals surface area contributed by atoms with E-state index in [1.165, 1.54) is 0 Å². The van der Waals surface area contributed by atoms with Crippen molar-refractivity contribution in [3.63, 3.8) is 0 Å². The molecule has 2 N–H and O–H groups in total. The highest BCUT2D eigenvalue weighted by Gasteiger charge is 2.25. The third kappa shape index (κ3) is 3.57. The Labute approximate surface area is 106 Å². The molecule has 1 fully saturated rings. The maximum Gasteiger partial charge on any atom is 0.189 e. The van der Waals surface area contributed by atoms with Crippen LogP contribution in [-0.2, 0) is 4.74 Å². The Bertz CT molecular complexity index is 369. The predicted octanol–water partition coefficient (Wildman–Crippen LogP) is 2.42. The number of nitrogens with two attached hydrogens (primary N) is 1. The average molecular weight is 253 g/mol. The molecule has 17 heavy (non-hydrogen) atoms. The van der Waals surface area contributed by atoms with Crippen LogP contribution in [0.5, 0.6) is 0 Å². The van der Waals surface area contributed by atoms with Crippen LogP contribution >= 0.6 is 11.8 Å². The minimum Gasteiger partial charge on any atom is -0.384 e. The van der Waals surface area contributed by atoms with Gasteiger partial charge in [-0.3, -0.25) is 0 Å². The monoisotopic (exact) mass is 253 g/mol. The standard InChI is InChI=1S/C12H19N3OS/c1-7-4-11(13)15-12(14-7)17-10-5-8(2)16-9(3)6-10/h4,8-10H,5-6H2,1-3H3,(H2,13,14,15)/t8-,9+,10?. The van der Waals surface area contributed by atoms with Crippen molar-refractivity contribution in [2.45, 2.75) is 56.2 Å². The average Bonchev–Trinajstić information content (AvgIpc) is 2.13. The number of hydrogen-bond donors (Lipinski definition) is 1. The molecule has 1 unspecified atom stereocenters. The zero-order chi connectivity index (χ0) is 12.4. The van der Waals surface area contributed by atoms with Gasteiger partial charge in [-0.05, 0) is 33.6 Å². The summed E-state index contributed by atoms with van der Waals surface area (Å²) >= 11 is 1.72. The van der Waals surface area contributed by atoms with E-state index < -0.39 is 0 Å². The molecule has 1 aromatic rings. The molecule has 0 radical (unpaired) electrons. The van der Waals surface area contributed by atoms with Crippen molar-refractivity contribution >= 4 is 17.6 Å².